The third kappa shape index (κ3) is 4.25. The fraction of sp³-hybridized carbons (Fsp3) is 0.316. The van der Waals surface area contributed by atoms with E-state index < -0.39 is 4.92 Å². The second-order valence-electron chi connectivity index (χ2n) is 6.85. The van der Waals surface area contributed by atoms with Crippen LogP contribution in [0.2, 0.25) is 0 Å². The molecule has 2 aromatic heterocycles. The van der Waals surface area contributed by atoms with Gasteiger partial charge in [-0.3, -0.25) is 19.6 Å². The van der Waals surface area contributed by atoms with Crippen LogP contribution < -0.4 is 5.32 Å². The van der Waals surface area contributed by atoms with E-state index in [9.17, 15) is 14.9 Å². The summed E-state index contributed by atoms with van der Waals surface area (Å²) >= 11 is 0. The molecule has 0 fully saturated rings. The third-order valence-corrected chi connectivity index (χ3v) is 4.42. The lowest BCUT2D eigenvalue weighted by Gasteiger charge is -2.14. The highest BCUT2D eigenvalue weighted by molar-refractivity contribution is 5.95. The Bertz CT molecular complexity index is 993. The maximum absolute atomic E-state index is 12.5. The summed E-state index contributed by atoms with van der Waals surface area (Å²) in [6, 6.07) is 6.42. The Labute approximate surface area is 162 Å². The predicted octanol–water partition coefficient (Wildman–Crippen LogP) is 2.66. The molecular formula is C19H22N6O3. The van der Waals surface area contributed by atoms with Gasteiger partial charge in [0.15, 0.2) is 0 Å². The number of aromatic nitrogens is 4. The first kappa shape index (κ1) is 19.3. The van der Waals surface area contributed by atoms with Crippen molar-refractivity contribution in [3.05, 3.63) is 70.1 Å². The van der Waals surface area contributed by atoms with Gasteiger partial charge in [-0.05, 0) is 38.0 Å². The second kappa shape index (κ2) is 8.03. The van der Waals surface area contributed by atoms with E-state index in [0.29, 0.717) is 18.8 Å². The van der Waals surface area contributed by atoms with Crippen LogP contribution in [0.4, 0.5) is 5.69 Å². The number of hydrogen-bond donors (Lipinski definition) is 1. The minimum absolute atomic E-state index is 0.152. The van der Waals surface area contributed by atoms with Crippen molar-refractivity contribution in [3.8, 4) is 5.69 Å². The number of benzene rings is 1. The van der Waals surface area contributed by atoms with E-state index in [-0.39, 0.29) is 23.1 Å². The van der Waals surface area contributed by atoms with Gasteiger partial charge in [-0.1, -0.05) is 6.92 Å². The monoisotopic (exact) mass is 382 g/mol. The van der Waals surface area contributed by atoms with E-state index in [2.05, 4.69) is 15.4 Å². The summed E-state index contributed by atoms with van der Waals surface area (Å²) in [4.78, 5) is 27.3. The molecule has 3 aromatic rings. The normalized spacial score (nSPS) is 12.0. The van der Waals surface area contributed by atoms with Crippen LogP contribution >= 0.6 is 0 Å². The minimum atomic E-state index is -0.502. The molecule has 1 amide bonds. The number of carbonyl (C=O) groups excluding carboxylic acids is 1. The molecule has 0 unspecified atom stereocenters. The number of rotatable bonds is 7. The first-order valence-electron chi connectivity index (χ1n) is 8.91. The quantitative estimate of drug-likeness (QED) is 0.499. The summed E-state index contributed by atoms with van der Waals surface area (Å²) in [5, 5.41) is 18.7. The Morgan fingerprint density at radius 1 is 1.32 bits per heavy atom. The molecule has 0 aliphatic carbocycles. The average Bonchev–Trinajstić information content (AvgIpc) is 3.29. The summed E-state index contributed by atoms with van der Waals surface area (Å²) in [7, 11) is 0. The highest BCUT2D eigenvalue weighted by Crippen LogP contribution is 2.24. The second-order valence-corrected chi connectivity index (χ2v) is 6.85. The van der Waals surface area contributed by atoms with Crippen molar-refractivity contribution in [2.24, 2.45) is 5.92 Å². The van der Waals surface area contributed by atoms with Crippen molar-refractivity contribution < 1.29 is 9.72 Å². The zero-order chi connectivity index (χ0) is 20.3. The first-order valence-corrected chi connectivity index (χ1v) is 8.91. The lowest BCUT2D eigenvalue weighted by molar-refractivity contribution is -0.384. The Hall–Kier alpha value is -3.49. The van der Waals surface area contributed by atoms with Gasteiger partial charge in [-0.25, -0.2) is 4.98 Å². The molecule has 3 rings (SSSR count). The van der Waals surface area contributed by atoms with Crippen LogP contribution in [0.25, 0.3) is 5.69 Å². The fourth-order valence-electron chi connectivity index (χ4n) is 3.02. The van der Waals surface area contributed by atoms with Crippen LogP contribution in [0.5, 0.6) is 0 Å². The molecule has 0 bridgehead atoms. The molecule has 2 heterocycles. The molecule has 1 aromatic carbocycles. The van der Waals surface area contributed by atoms with Crippen molar-refractivity contribution in [1.29, 1.82) is 0 Å². The smallest absolute Gasteiger partial charge is 0.294 e. The molecule has 9 heteroatoms. The molecule has 1 atom stereocenters. The van der Waals surface area contributed by atoms with Crippen LogP contribution in [0, 0.1) is 29.9 Å². The zero-order valence-corrected chi connectivity index (χ0v) is 16.0. The lowest BCUT2D eigenvalue weighted by Crippen LogP contribution is -2.30. The van der Waals surface area contributed by atoms with Crippen LogP contribution in [0.15, 0.2) is 43.0 Å². The average molecular weight is 382 g/mol. The standard InChI is InChI=1S/C19H22N6O3/c1-13(11-24-15(3)8-14(2)22-24)10-21-19(26)16-4-5-17(18(9-16)25(27)28)23-7-6-20-12-23/h4-9,12-13H,10-11H2,1-3H3,(H,21,26)/t13-/m0/s1. The van der Waals surface area contributed by atoms with Crippen molar-refractivity contribution in [1.82, 2.24) is 24.6 Å². The van der Waals surface area contributed by atoms with Crippen molar-refractivity contribution in [3.63, 3.8) is 0 Å². The number of nitro benzene ring substituents is 1. The molecule has 146 valence electrons. The van der Waals surface area contributed by atoms with Crippen molar-refractivity contribution >= 4 is 11.6 Å². The number of aryl methyl sites for hydroxylation is 2. The molecule has 9 nitrogen and oxygen atoms in total. The lowest BCUT2D eigenvalue weighted by atomic mass is 10.1. The number of hydrogen-bond acceptors (Lipinski definition) is 5. The SMILES string of the molecule is Cc1cc(C)n(C[C@@H](C)CNC(=O)c2ccc(-n3ccnc3)c([N+](=O)[O-])c2)n1. The van der Waals surface area contributed by atoms with Gasteiger partial charge < -0.3 is 9.88 Å². The Kier molecular flexibility index (Phi) is 5.53. The van der Waals surface area contributed by atoms with Gasteiger partial charge in [0.05, 0.1) is 16.9 Å². The molecular weight excluding hydrogens is 360 g/mol. The van der Waals surface area contributed by atoms with E-state index in [1.54, 1.807) is 18.3 Å². The number of carbonyl (C=O) groups is 1. The molecule has 0 radical (unpaired) electrons. The fourth-order valence-corrected chi connectivity index (χ4v) is 3.02. The van der Waals surface area contributed by atoms with Gasteiger partial charge in [0.2, 0.25) is 0 Å². The first-order chi connectivity index (χ1) is 13.3. The van der Waals surface area contributed by atoms with Gasteiger partial charge in [0, 0.05) is 42.8 Å². The summed E-state index contributed by atoms with van der Waals surface area (Å²) < 4.78 is 3.45. The number of nitrogens with one attached hydrogen (secondary N) is 1. The molecule has 1 N–H and O–H groups in total. The van der Waals surface area contributed by atoms with Crippen LogP contribution in [0.1, 0.15) is 28.7 Å². The Morgan fingerprint density at radius 3 is 2.71 bits per heavy atom. The third-order valence-electron chi connectivity index (χ3n) is 4.42. The number of nitrogens with zero attached hydrogens (tertiary/aromatic N) is 5. The van der Waals surface area contributed by atoms with Gasteiger partial charge >= 0.3 is 0 Å². The maximum Gasteiger partial charge on any atom is 0.294 e. The van der Waals surface area contributed by atoms with Crippen LogP contribution in [-0.4, -0.2) is 36.7 Å². The van der Waals surface area contributed by atoms with E-state index in [1.165, 1.54) is 23.2 Å². The minimum Gasteiger partial charge on any atom is -0.352 e. The Balaban J connectivity index is 1.68. The number of amides is 1. The molecule has 0 saturated heterocycles. The molecule has 0 aliphatic heterocycles. The van der Waals surface area contributed by atoms with Crippen LogP contribution in [-0.2, 0) is 6.54 Å². The summed E-state index contributed by atoms with van der Waals surface area (Å²) in [5.74, 6) is -0.192. The summed E-state index contributed by atoms with van der Waals surface area (Å²) in [6.07, 6.45) is 4.63. The predicted molar refractivity (Wildman–Crippen MR) is 103 cm³/mol. The topological polar surface area (TPSA) is 108 Å². The van der Waals surface area contributed by atoms with E-state index >= 15 is 0 Å². The summed E-state index contributed by atoms with van der Waals surface area (Å²) in [6.45, 7) is 7.07. The molecule has 28 heavy (non-hydrogen) atoms. The highest BCUT2D eigenvalue weighted by Gasteiger charge is 2.19. The Morgan fingerprint density at radius 2 is 2.11 bits per heavy atom. The maximum atomic E-state index is 12.5. The van der Waals surface area contributed by atoms with E-state index in [1.807, 2.05) is 31.5 Å². The zero-order valence-electron chi connectivity index (χ0n) is 16.0. The number of imidazole rings is 1. The number of nitro groups is 1. The summed E-state index contributed by atoms with van der Waals surface area (Å²) in [5.41, 5.74) is 2.48. The molecule has 0 spiro atoms. The molecule has 0 aliphatic rings. The van der Waals surface area contributed by atoms with Crippen LogP contribution in [0.3, 0.4) is 0 Å². The molecule has 0 saturated carbocycles. The highest BCUT2D eigenvalue weighted by atomic mass is 16.6. The van der Waals surface area contributed by atoms with Crippen molar-refractivity contribution in [2.45, 2.75) is 27.3 Å². The largest absolute Gasteiger partial charge is 0.352 e. The van der Waals surface area contributed by atoms with Crippen molar-refractivity contribution in [2.75, 3.05) is 6.54 Å². The van der Waals surface area contributed by atoms with E-state index in [0.717, 1.165) is 11.4 Å². The van der Waals surface area contributed by atoms with Gasteiger partial charge in [-0.15, -0.1) is 0 Å². The van der Waals surface area contributed by atoms with Gasteiger partial charge in [0.1, 0.15) is 5.69 Å². The van der Waals surface area contributed by atoms with Gasteiger partial charge in [0.25, 0.3) is 11.6 Å². The van der Waals surface area contributed by atoms with E-state index in [4.69, 9.17) is 0 Å². The van der Waals surface area contributed by atoms with Gasteiger partial charge in [-0.2, -0.15) is 5.10 Å².